The molecule has 1 N–H and O–H groups in total. The number of nitrogens with one attached hydrogen (secondary N) is 1. The molecule has 0 aliphatic rings. The highest BCUT2D eigenvalue weighted by Crippen LogP contribution is 2.32. The van der Waals surface area contributed by atoms with Gasteiger partial charge in [-0.15, -0.1) is 10.2 Å². The van der Waals surface area contributed by atoms with Gasteiger partial charge >= 0.3 is 0 Å². The lowest BCUT2D eigenvalue weighted by Gasteiger charge is -2.19. The summed E-state index contributed by atoms with van der Waals surface area (Å²) in [5.41, 5.74) is 0.350. The van der Waals surface area contributed by atoms with E-state index < -0.39 is 11.9 Å². The number of halogens is 2. The number of benzene rings is 2. The summed E-state index contributed by atoms with van der Waals surface area (Å²) in [6.07, 6.45) is -0.401. The van der Waals surface area contributed by atoms with Crippen molar-refractivity contribution in [1.82, 2.24) is 14.8 Å². The summed E-state index contributed by atoms with van der Waals surface area (Å²) < 4.78 is 26.5. The van der Waals surface area contributed by atoms with Crippen molar-refractivity contribution in [2.45, 2.75) is 38.1 Å². The fraction of sp³-hybridized carbons (Fsp3) is 0.318. The molecule has 0 bridgehead atoms. The molecule has 170 valence electrons. The average Bonchev–Trinajstić information content (AvgIpc) is 3.19. The normalized spacial score (nSPS) is 12.0. The van der Waals surface area contributed by atoms with Gasteiger partial charge in [0.1, 0.15) is 5.82 Å². The van der Waals surface area contributed by atoms with Crippen LogP contribution in [0.5, 0.6) is 11.5 Å². The number of amides is 1. The number of methoxy groups -OCH3 is 1. The van der Waals surface area contributed by atoms with Crippen molar-refractivity contribution >= 4 is 35.0 Å². The summed E-state index contributed by atoms with van der Waals surface area (Å²) >= 11 is 7.22. The number of rotatable bonds is 9. The summed E-state index contributed by atoms with van der Waals surface area (Å²) in [7, 11) is 1.59. The first kappa shape index (κ1) is 23.9. The van der Waals surface area contributed by atoms with E-state index in [1.807, 2.05) is 49.6 Å². The van der Waals surface area contributed by atoms with Gasteiger partial charge in [-0.05, 0) is 51.1 Å². The highest BCUT2D eigenvalue weighted by atomic mass is 35.5. The lowest BCUT2D eigenvalue weighted by molar-refractivity contribution is -0.113. The molecule has 1 amide bonds. The van der Waals surface area contributed by atoms with E-state index in [2.05, 4.69) is 15.5 Å². The van der Waals surface area contributed by atoms with E-state index in [0.29, 0.717) is 28.2 Å². The van der Waals surface area contributed by atoms with Crippen LogP contribution in [-0.4, -0.2) is 33.5 Å². The van der Waals surface area contributed by atoms with Crippen LogP contribution in [0.15, 0.2) is 47.6 Å². The summed E-state index contributed by atoms with van der Waals surface area (Å²) in [5.74, 6) is 1.19. The van der Waals surface area contributed by atoms with E-state index in [1.165, 1.54) is 23.9 Å². The Balaban J connectivity index is 1.71. The molecule has 1 unspecified atom stereocenters. The summed E-state index contributed by atoms with van der Waals surface area (Å²) in [4.78, 5) is 12.4. The molecule has 32 heavy (non-hydrogen) atoms. The minimum Gasteiger partial charge on any atom is -0.493 e. The van der Waals surface area contributed by atoms with Gasteiger partial charge < -0.3 is 19.4 Å². The summed E-state index contributed by atoms with van der Waals surface area (Å²) in [6, 6.07) is 11.2. The van der Waals surface area contributed by atoms with Crippen LogP contribution < -0.4 is 14.8 Å². The zero-order chi connectivity index (χ0) is 23.3. The number of hydrogen-bond acceptors (Lipinski definition) is 6. The van der Waals surface area contributed by atoms with Gasteiger partial charge in [0.15, 0.2) is 28.6 Å². The number of ether oxygens (including phenoxy) is 2. The number of aromatic nitrogens is 3. The maximum absolute atomic E-state index is 13.2. The Hall–Kier alpha value is -2.78. The first-order chi connectivity index (χ1) is 15.3. The molecule has 10 heteroatoms. The number of nitrogens with zero attached hydrogens (tertiary/aromatic N) is 3. The van der Waals surface area contributed by atoms with Gasteiger partial charge in [0.05, 0.1) is 23.6 Å². The number of anilines is 1. The lowest BCUT2D eigenvalue weighted by Crippen LogP contribution is -2.17. The van der Waals surface area contributed by atoms with Crippen molar-refractivity contribution in [3.05, 3.63) is 59.1 Å². The molecule has 1 atom stereocenters. The van der Waals surface area contributed by atoms with Crippen molar-refractivity contribution in [2.75, 3.05) is 18.2 Å². The molecule has 0 aliphatic carbocycles. The van der Waals surface area contributed by atoms with Crippen LogP contribution in [-0.2, 0) is 4.79 Å². The molecule has 0 saturated carbocycles. The molecule has 0 saturated heterocycles. The first-order valence-electron chi connectivity index (χ1n) is 9.92. The van der Waals surface area contributed by atoms with Crippen LogP contribution in [0, 0.1) is 5.82 Å². The second-order valence-electron chi connectivity index (χ2n) is 7.18. The number of carbonyl (C=O) groups excluding carboxylic acids is 1. The maximum atomic E-state index is 13.2. The highest BCUT2D eigenvalue weighted by molar-refractivity contribution is 7.99. The molecule has 0 radical (unpaired) electrons. The molecule has 2 aromatic carbocycles. The average molecular weight is 479 g/mol. The topological polar surface area (TPSA) is 78.3 Å². The molecule has 3 rings (SSSR count). The molecule has 7 nitrogen and oxygen atoms in total. The third-order valence-corrected chi connectivity index (χ3v) is 5.74. The van der Waals surface area contributed by atoms with Crippen molar-refractivity contribution in [1.29, 1.82) is 0 Å². The minimum absolute atomic E-state index is 0.0424. The van der Waals surface area contributed by atoms with E-state index in [1.54, 1.807) is 7.11 Å². The Morgan fingerprint density at radius 1 is 1.19 bits per heavy atom. The quantitative estimate of drug-likeness (QED) is 0.407. The van der Waals surface area contributed by atoms with Gasteiger partial charge in [0.25, 0.3) is 0 Å². The zero-order valence-corrected chi connectivity index (χ0v) is 19.7. The molecule has 1 heterocycles. The molecule has 3 aromatic rings. The van der Waals surface area contributed by atoms with Gasteiger partial charge in [0, 0.05) is 6.04 Å². The van der Waals surface area contributed by atoms with Crippen molar-refractivity contribution in [3.8, 4) is 11.5 Å². The number of hydrogen-bond donors (Lipinski definition) is 1. The number of carbonyl (C=O) groups is 1. The van der Waals surface area contributed by atoms with E-state index in [-0.39, 0.29) is 22.7 Å². The number of thioether (sulfide) groups is 1. The smallest absolute Gasteiger partial charge is 0.234 e. The van der Waals surface area contributed by atoms with Crippen LogP contribution in [0.2, 0.25) is 5.02 Å². The third-order valence-electron chi connectivity index (χ3n) is 4.48. The Morgan fingerprint density at radius 2 is 1.91 bits per heavy atom. The molecule has 1 aromatic heterocycles. The van der Waals surface area contributed by atoms with E-state index >= 15 is 0 Å². The first-order valence-corrected chi connectivity index (χ1v) is 11.3. The maximum Gasteiger partial charge on any atom is 0.234 e. The summed E-state index contributed by atoms with van der Waals surface area (Å²) in [6.45, 7) is 5.89. The Bertz CT molecular complexity index is 1090. The van der Waals surface area contributed by atoms with Crippen LogP contribution in [0.25, 0.3) is 0 Å². The Morgan fingerprint density at radius 3 is 2.56 bits per heavy atom. The second-order valence-corrected chi connectivity index (χ2v) is 8.53. The molecular weight excluding hydrogens is 455 g/mol. The second kappa shape index (κ2) is 10.7. The van der Waals surface area contributed by atoms with Crippen molar-refractivity contribution < 1.29 is 18.7 Å². The third kappa shape index (κ3) is 5.72. The summed E-state index contributed by atoms with van der Waals surface area (Å²) in [5, 5.41) is 12.0. The predicted molar refractivity (Wildman–Crippen MR) is 123 cm³/mol. The highest BCUT2D eigenvalue weighted by Gasteiger charge is 2.23. The van der Waals surface area contributed by atoms with Crippen molar-refractivity contribution in [2.24, 2.45) is 0 Å². The predicted octanol–water partition coefficient (Wildman–Crippen LogP) is 5.53. The number of para-hydroxylation sites is 2. The monoisotopic (exact) mass is 478 g/mol. The molecular formula is C22H24ClFN4O3S. The van der Waals surface area contributed by atoms with Crippen LogP contribution >= 0.6 is 23.4 Å². The fourth-order valence-electron chi connectivity index (χ4n) is 3.02. The van der Waals surface area contributed by atoms with Crippen LogP contribution in [0.3, 0.4) is 0 Å². The van der Waals surface area contributed by atoms with Gasteiger partial charge in [0.2, 0.25) is 5.91 Å². The largest absolute Gasteiger partial charge is 0.493 e. The minimum atomic E-state index is -0.468. The molecule has 0 aliphatic heterocycles. The fourth-order valence-corrected chi connectivity index (χ4v) is 4.10. The van der Waals surface area contributed by atoms with Gasteiger partial charge in [-0.1, -0.05) is 35.5 Å². The van der Waals surface area contributed by atoms with E-state index in [0.717, 1.165) is 6.07 Å². The van der Waals surface area contributed by atoms with Gasteiger partial charge in [-0.2, -0.15) is 0 Å². The molecule has 0 spiro atoms. The van der Waals surface area contributed by atoms with Crippen LogP contribution in [0.1, 0.15) is 38.7 Å². The van der Waals surface area contributed by atoms with Gasteiger partial charge in [-0.3, -0.25) is 4.79 Å². The van der Waals surface area contributed by atoms with Gasteiger partial charge in [-0.25, -0.2) is 4.39 Å². The standard InChI is InChI=1S/C22H24ClFN4O3S/c1-13(2)28-21(14(3)31-19-8-6-5-7-18(19)30-4)26-27-22(28)32-12-20(29)25-17-10-9-15(24)11-16(17)23/h5-11,13-14H,12H2,1-4H3,(H,25,29). The molecule has 0 fully saturated rings. The van der Waals surface area contributed by atoms with Crippen molar-refractivity contribution in [3.63, 3.8) is 0 Å². The van der Waals surface area contributed by atoms with E-state index in [9.17, 15) is 9.18 Å². The Labute approximate surface area is 195 Å². The lowest BCUT2D eigenvalue weighted by atomic mass is 10.3. The van der Waals surface area contributed by atoms with E-state index in [4.69, 9.17) is 21.1 Å². The van der Waals surface area contributed by atoms with Crippen LogP contribution in [0.4, 0.5) is 10.1 Å². The Kier molecular flexibility index (Phi) is 7.98. The SMILES string of the molecule is COc1ccccc1OC(C)c1nnc(SCC(=O)Nc2ccc(F)cc2Cl)n1C(C)C. The zero-order valence-electron chi connectivity index (χ0n) is 18.1.